The molecule has 1 saturated heterocycles. The van der Waals surface area contributed by atoms with Crippen LogP contribution in [0.25, 0.3) is 0 Å². The lowest BCUT2D eigenvalue weighted by molar-refractivity contribution is 0.00578. The van der Waals surface area contributed by atoms with Crippen LogP contribution in [-0.2, 0) is 22.8 Å². The van der Waals surface area contributed by atoms with E-state index in [1.54, 1.807) is 4.68 Å². The van der Waals surface area contributed by atoms with Gasteiger partial charge in [0.1, 0.15) is 0 Å². The Hall–Kier alpha value is -0.515. The highest BCUT2D eigenvalue weighted by molar-refractivity contribution is 6.63. The Morgan fingerprint density at radius 2 is 1.84 bits per heavy atom. The van der Waals surface area contributed by atoms with Crippen LogP contribution in [-0.4, -0.2) is 32.9 Å². The minimum atomic E-state index is -0.639. The fourth-order valence-corrected chi connectivity index (χ4v) is 2.31. The molecule has 0 spiro atoms. The van der Waals surface area contributed by atoms with Crippen LogP contribution in [0.5, 0.6) is 0 Å². The maximum absolute atomic E-state index is 6.64. The molecule has 0 aromatic carbocycles. The Kier molecular flexibility index (Phi) is 3.53. The summed E-state index contributed by atoms with van der Waals surface area (Å²) in [5.41, 5.74) is 0.213. The third kappa shape index (κ3) is 2.83. The number of hydrogen-bond donors (Lipinski definition) is 0. The van der Waals surface area contributed by atoms with Gasteiger partial charge in [-0.2, -0.15) is 5.10 Å². The van der Waals surface area contributed by atoms with Gasteiger partial charge in [0.05, 0.1) is 21.7 Å². The molecule has 4 nitrogen and oxygen atoms in total. The van der Waals surface area contributed by atoms with E-state index in [0.29, 0.717) is 6.42 Å². The van der Waals surface area contributed by atoms with E-state index in [9.17, 15) is 0 Å². The van der Waals surface area contributed by atoms with E-state index in [1.807, 2.05) is 53.9 Å². The Labute approximate surface area is 120 Å². The first kappa shape index (κ1) is 14.9. The zero-order valence-electron chi connectivity index (χ0n) is 12.5. The Bertz CT molecular complexity index is 455. The highest BCUT2D eigenvalue weighted by Crippen LogP contribution is 2.41. The van der Waals surface area contributed by atoms with Crippen LogP contribution in [0.15, 0.2) is 12.3 Å². The molecule has 0 aliphatic carbocycles. The third-order valence-corrected chi connectivity index (χ3v) is 4.35. The van der Waals surface area contributed by atoms with Gasteiger partial charge in [0.2, 0.25) is 0 Å². The first-order chi connectivity index (χ1) is 8.53. The van der Waals surface area contributed by atoms with Gasteiger partial charge in [-0.05, 0) is 40.7 Å². The van der Waals surface area contributed by atoms with E-state index < -0.39 is 11.9 Å². The SMILES string of the molecule is Cn1ccc(CC(C)(Cl)B2OC(C)(C)C(C)(C)O2)n1. The lowest BCUT2D eigenvalue weighted by atomic mass is 9.69. The smallest absolute Gasteiger partial charge is 0.402 e. The summed E-state index contributed by atoms with van der Waals surface area (Å²) < 4.78 is 13.2. The van der Waals surface area contributed by atoms with E-state index in [4.69, 9.17) is 20.9 Å². The number of halogens is 1. The fourth-order valence-electron chi connectivity index (χ4n) is 2.08. The van der Waals surface area contributed by atoms with Crippen molar-refractivity contribution >= 4 is 18.7 Å². The average molecular weight is 285 g/mol. The zero-order chi connectivity index (χ0) is 14.5. The molecule has 1 aliphatic rings. The normalized spacial score (nSPS) is 24.5. The maximum Gasteiger partial charge on any atom is 0.480 e. The summed E-state index contributed by atoms with van der Waals surface area (Å²) in [7, 11) is 1.45. The second-order valence-electron chi connectivity index (χ2n) is 6.52. The van der Waals surface area contributed by atoms with Crippen molar-refractivity contribution in [2.24, 2.45) is 7.05 Å². The standard InChI is InChI=1S/C13H22BClN2O2/c1-11(2)12(3,4)19-14(18-11)13(5,15)9-10-7-8-17(6)16-10/h7-8H,9H2,1-6H3. The molecule has 1 unspecified atom stereocenters. The summed E-state index contributed by atoms with van der Waals surface area (Å²) in [6, 6.07) is 1.96. The van der Waals surface area contributed by atoms with Crippen molar-refractivity contribution in [3.05, 3.63) is 18.0 Å². The summed E-state index contributed by atoms with van der Waals surface area (Å²) in [5.74, 6) is 0. The first-order valence-corrected chi connectivity index (χ1v) is 6.94. The van der Waals surface area contributed by atoms with Crippen LogP contribution in [0.1, 0.15) is 40.3 Å². The number of hydrogen-bond acceptors (Lipinski definition) is 3. The molecule has 6 heteroatoms. The van der Waals surface area contributed by atoms with E-state index in [0.717, 1.165) is 5.69 Å². The van der Waals surface area contributed by atoms with Crippen molar-refractivity contribution < 1.29 is 9.31 Å². The van der Waals surface area contributed by atoms with Gasteiger partial charge in [-0.25, -0.2) is 0 Å². The summed E-state index contributed by atoms with van der Waals surface area (Å²) in [4.78, 5) is 0. The van der Waals surface area contributed by atoms with E-state index in [-0.39, 0.29) is 11.2 Å². The van der Waals surface area contributed by atoms with Gasteiger partial charge in [0.25, 0.3) is 0 Å². The van der Waals surface area contributed by atoms with Crippen LogP contribution < -0.4 is 0 Å². The molecule has 19 heavy (non-hydrogen) atoms. The van der Waals surface area contributed by atoms with Gasteiger partial charge in [-0.3, -0.25) is 4.68 Å². The second-order valence-corrected chi connectivity index (χ2v) is 7.39. The largest absolute Gasteiger partial charge is 0.480 e. The van der Waals surface area contributed by atoms with E-state index in [1.165, 1.54) is 0 Å². The molecular formula is C13H22BClN2O2. The van der Waals surface area contributed by atoms with Crippen LogP contribution in [0.2, 0.25) is 0 Å². The van der Waals surface area contributed by atoms with Crippen molar-refractivity contribution in [1.29, 1.82) is 0 Å². The molecule has 2 heterocycles. The highest BCUT2D eigenvalue weighted by Gasteiger charge is 2.57. The van der Waals surface area contributed by atoms with Crippen LogP contribution in [0, 0.1) is 0 Å². The predicted octanol–water partition coefficient (Wildman–Crippen LogP) is 2.59. The molecule has 0 saturated carbocycles. The monoisotopic (exact) mass is 284 g/mol. The van der Waals surface area contributed by atoms with Crippen LogP contribution in [0.4, 0.5) is 0 Å². The Morgan fingerprint density at radius 3 is 2.26 bits per heavy atom. The van der Waals surface area contributed by atoms with Crippen molar-refractivity contribution in [3.63, 3.8) is 0 Å². The molecule has 1 fully saturated rings. The molecule has 0 amide bonds. The lowest BCUT2D eigenvalue weighted by Crippen LogP contribution is -2.43. The molecule has 1 aromatic heterocycles. The van der Waals surface area contributed by atoms with Crippen LogP contribution in [0.3, 0.4) is 0 Å². The van der Waals surface area contributed by atoms with Gasteiger partial charge in [-0.1, -0.05) is 0 Å². The van der Waals surface area contributed by atoms with Crippen LogP contribution >= 0.6 is 11.6 Å². The van der Waals surface area contributed by atoms with Crippen molar-refractivity contribution in [1.82, 2.24) is 9.78 Å². The first-order valence-electron chi connectivity index (χ1n) is 6.57. The summed E-state index contributed by atoms with van der Waals surface area (Å²) in [6.07, 6.45) is 2.51. The van der Waals surface area contributed by atoms with Gasteiger partial charge in [0.15, 0.2) is 0 Å². The lowest BCUT2D eigenvalue weighted by Gasteiger charge is -2.32. The maximum atomic E-state index is 6.64. The highest BCUT2D eigenvalue weighted by atomic mass is 35.5. The topological polar surface area (TPSA) is 36.3 Å². The minimum absolute atomic E-state index is 0.363. The third-order valence-electron chi connectivity index (χ3n) is 4.04. The number of rotatable bonds is 3. The molecule has 0 N–H and O–H groups in total. The minimum Gasteiger partial charge on any atom is -0.402 e. The zero-order valence-corrected chi connectivity index (χ0v) is 13.3. The van der Waals surface area contributed by atoms with Gasteiger partial charge in [0, 0.05) is 19.7 Å². The second kappa shape index (κ2) is 4.50. The quantitative estimate of drug-likeness (QED) is 0.632. The number of aromatic nitrogens is 2. The Morgan fingerprint density at radius 1 is 1.32 bits per heavy atom. The van der Waals surface area contributed by atoms with Crippen molar-refractivity contribution in [2.45, 2.75) is 57.0 Å². The van der Waals surface area contributed by atoms with Gasteiger partial charge >= 0.3 is 7.12 Å². The Balaban J connectivity index is 2.13. The number of alkyl halides is 1. The van der Waals surface area contributed by atoms with Crippen molar-refractivity contribution in [3.8, 4) is 0 Å². The van der Waals surface area contributed by atoms with Gasteiger partial charge < -0.3 is 9.31 Å². The molecule has 1 atom stereocenters. The summed E-state index contributed by atoms with van der Waals surface area (Å²) in [5, 5.41) is 4.36. The molecular weight excluding hydrogens is 262 g/mol. The molecule has 0 bridgehead atoms. The van der Waals surface area contributed by atoms with Crippen molar-refractivity contribution in [2.75, 3.05) is 0 Å². The average Bonchev–Trinajstić information content (AvgIpc) is 2.69. The summed E-state index contributed by atoms with van der Waals surface area (Å²) >= 11 is 6.64. The summed E-state index contributed by atoms with van der Waals surface area (Å²) in [6.45, 7) is 10.0. The number of nitrogens with zero attached hydrogens (tertiary/aromatic N) is 2. The van der Waals surface area contributed by atoms with E-state index >= 15 is 0 Å². The van der Waals surface area contributed by atoms with Gasteiger partial charge in [-0.15, -0.1) is 11.6 Å². The molecule has 1 aliphatic heterocycles. The fraction of sp³-hybridized carbons (Fsp3) is 0.769. The molecule has 0 radical (unpaired) electrons. The predicted molar refractivity (Wildman–Crippen MR) is 77.3 cm³/mol. The molecule has 2 rings (SSSR count). The van der Waals surface area contributed by atoms with E-state index in [2.05, 4.69) is 5.10 Å². The molecule has 106 valence electrons. The molecule has 1 aromatic rings. The number of aryl methyl sites for hydroxylation is 1.